The normalized spacial score (nSPS) is 12.2. The van der Waals surface area contributed by atoms with Crippen molar-refractivity contribution in [2.45, 2.75) is 45.6 Å². The third-order valence-electron chi connectivity index (χ3n) is 2.16. The van der Waals surface area contributed by atoms with Crippen molar-refractivity contribution in [2.24, 2.45) is 0 Å². The molecule has 0 saturated carbocycles. The van der Waals surface area contributed by atoms with Gasteiger partial charge in [-0.15, -0.1) is 0 Å². The Hall–Kier alpha value is -0.350. The Morgan fingerprint density at radius 2 is 2.07 bits per heavy atom. The van der Waals surface area contributed by atoms with E-state index in [1.165, 1.54) is 6.42 Å². The lowest BCUT2D eigenvalue weighted by Gasteiger charge is -2.19. The smallest absolute Gasteiger partial charge is 0.166 e. The van der Waals surface area contributed by atoms with E-state index >= 15 is 0 Å². The van der Waals surface area contributed by atoms with Gasteiger partial charge >= 0.3 is 0 Å². The topological polar surface area (TPSA) is 33.3 Å². The van der Waals surface area contributed by atoms with Gasteiger partial charge in [0.25, 0.3) is 0 Å². The first kappa shape index (κ1) is 14.6. The van der Waals surface area contributed by atoms with E-state index in [1.54, 1.807) is 7.11 Å². The summed E-state index contributed by atoms with van der Waals surface area (Å²) in [4.78, 5) is 0. The van der Waals surface area contributed by atoms with Crippen molar-refractivity contribution in [3.63, 3.8) is 0 Å². The lowest BCUT2D eigenvalue weighted by atomic mass is 10.2. The fourth-order valence-electron chi connectivity index (χ4n) is 1.36. The number of unbranched alkanes of at least 4 members (excludes halogenated alkanes) is 1. The summed E-state index contributed by atoms with van der Waals surface area (Å²) in [5.74, 6) is 0. The third-order valence-corrected chi connectivity index (χ3v) is 2.42. The molecule has 3 nitrogen and oxygen atoms in total. The van der Waals surface area contributed by atoms with Crippen molar-refractivity contribution in [3.8, 4) is 0 Å². The van der Waals surface area contributed by atoms with Crippen LogP contribution in [0.1, 0.15) is 39.5 Å². The van der Waals surface area contributed by atoms with Crippen molar-refractivity contribution in [2.75, 3.05) is 20.3 Å². The first-order valence-corrected chi connectivity index (χ1v) is 6.18. The predicted molar refractivity (Wildman–Crippen MR) is 69.2 cm³/mol. The largest absolute Gasteiger partial charge is 0.383 e. The molecule has 2 N–H and O–H groups in total. The van der Waals surface area contributed by atoms with Gasteiger partial charge in [0.15, 0.2) is 5.11 Å². The summed E-state index contributed by atoms with van der Waals surface area (Å²) in [5.41, 5.74) is 0. The van der Waals surface area contributed by atoms with E-state index in [-0.39, 0.29) is 0 Å². The second-order valence-corrected chi connectivity index (χ2v) is 4.10. The van der Waals surface area contributed by atoms with E-state index < -0.39 is 0 Å². The zero-order chi connectivity index (χ0) is 11.5. The van der Waals surface area contributed by atoms with Crippen LogP contribution in [0, 0.1) is 0 Å². The van der Waals surface area contributed by atoms with Gasteiger partial charge in [-0.1, -0.05) is 26.7 Å². The maximum absolute atomic E-state index is 5.19. The highest BCUT2D eigenvalue weighted by atomic mass is 32.1. The van der Waals surface area contributed by atoms with Crippen molar-refractivity contribution in [3.05, 3.63) is 0 Å². The second-order valence-electron chi connectivity index (χ2n) is 3.69. The zero-order valence-corrected chi connectivity index (χ0v) is 11.0. The number of thiocarbonyl (C=S) groups is 1. The first-order chi connectivity index (χ1) is 7.24. The minimum Gasteiger partial charge on any atom is -0.383 e. The van der Waals surface area contributed by atoms with Gasteiger partial charge in [0, 0.05) is 13.7 Å². The van der Waals surface area contributed by atoms with Gasteiger partial charge in [0.1, 0.15) is 0 Å². The average Bonchev–Trinajstić information content (AvgIpc) is 2.19. The summed E-state index contributed by atoms with van der Waals surface area (Å²) in [6.45, 7) is 6.00. The summed E-state index contributed by atoms with van der Waals surface area (Å²) >= 11 is 5.19. The highest BCUT2D eigenvalue weighted by molar-refractivity contribution is 7.80. The molecule has 0 bridgehead atoms. The van der Waals surface area contributed by atoms with Gasteiger partial charge in [0.2, 0.25) is 0 Å². The molecule has 0 aliphatic rings. The molecule has 90 valence electrons. The molecular formula is C11H24N2OS. The predicted octanol–water partition coefficient (Wildman–Crippen LogP) is 2.07. The van der Waals surface area contributed by atoms with E-state index in [0.717, 1.165) is 30.9 Å². The van der Waals surface area contributed by atoms with Crippen LogP contribution in [0.3, 0.4) is 0 Å². The lowest BCUT2D eigenvalue weighted by Crippen LogP contribution is -2.44. The SMILES string of the molecule is CCCCNC(=S)NC(CCC)COC. The van der Waals surface area contributed by atoms with Crippen molar-refractivity contribution < 1.29 is 4.74 Å². The van der Waals surface area contributed by atoms with Crippen molar-refractivity contribution in [1.82, 2.24) is 10.6 Å². The van der Waals surface area contributed by atoms with E-state index in [0.29, 0.717) is 12.6 Å². The van der Waals surface area contributed by atoms with Crippen LogP contribution in [0.4, 0.5) is 0 Å². The van der Waals surface area contributed by atoms with Crippen LogP contribution in [0.25, 0.3) is 0 Å². The van der Waals surface area contributed by atoms with Crippen LogP contribution in [0.5, 0.6) is 0 Å². The van der Waals surface area contributed by atoms with E-state index in [1.807, 2.05) is 0 Å². The zero-order valence-electron chi connectivity index (χ0n) is 10.1. The number of methoxy groups -OCH3 is 1. The molecule has 0 fully saturated rings. The van der Waals surface area contributed by atoms with Crippen LogP contribution in [0.15, 0.2) is 0 Å². The van der Waals surface area contributed by atoms with Gasteiger partial charge < -0.3 is 15.4 Å². The number of ether oxygens (including phenoxy) is 1. The van der Waals surface area contributed by atoms with Gasteiger partial charge in [0.05, 0.1) is 12.6 Å². The Balaban J connectivity index is 3.67. The maximum atomic E-state index is 5.19. The molecule has 0 saturated heterocycles. The van der Waals surface area contributed by atoms with Gasteiger partial charge in [-0.3, -0.25) is 0 Å². The summed E-state index contributed by atoms with van der Waals surface area (Å²) < 4.78 is 5.13. The van der Waals surface area contributed by atoms with Crippen LogP contribution < -0.4 is 10.6 Å². The number of nitrogens with one attached hydrogen (secondary N) is 2. The Morgan fingerprint density at radius 3 is 2.60 bits per heavy atom. The highest BCUT2D eigenvalue weighted by Crippen LogP contribution is 1.96. The summed E-state index contributed by atoms with van der Waals surface area (Å²) in [5, 5.41) is 7.22. The fourth-order valence-corrected chi connectivity index (χ4v) is 1.63. The average molecular weight is 232 g/mol. The van der Waals surface area contributed by atoms with E-state index in [4.69, 9.17) is 17.0 Å². The molecule has 0 radical (unpaired) electrons. The lowest BCUT2D eigenvalue weighted by molar-refractivity contribution is 0.170. The summed E-state index contributed by atoms with van der Waals surface area (Å²) in [7, 11) is 1.72. The molecule has 1 unspecified atom stereocenters. The minimum atomic E-state index is 0.335. The van der Waals surface area contributed by atoms with Crippen LogP contribution in [-0.4, -0.2) is 31.4 Å². The van der Waals surface area contributed by atoms with Gasteiger partial charge in [-0.05, 0) is 25.1 Å². The Kier molecular flexibility index (Phi) is 9.94. The summed E-state index contributed by atoms with van der Waals surface area (Å²) in [6, 6.07) is 0.335. The summed E-state index contributed by atoms with van der Waals surface area (Å²) in [6.07, 6.45) is 4.57. The monoisotopic (exact) mass is 232 g/mol. The fraction of sp³-hybridized carbons (Fsp3) is 0.909. The molecule has 0 aromatic heterocycles. The standard InChI is InChI=1S/C11H24N2OS/c1-4-6-8-12-11(15)13-10(7-5-2)9-14-3/h10H,4-9H2,1-3H3,(H2,12,13,15). The molecule has 0 amide bonds. The molecule has 0 aromatic carbocycles. The Labute approximate surface area is 99.0 Å². The molecule has 0 rings (SSSR count). The van der Waals surface area contributed by atoms with Crippen molar-refractivity contribution >= 4 is 17.3 Å². The van der Waals surface area contributed by atoms with Crippen molar-refractivity contribution in [1.29, 1.82) is 0 Å². The second kappa shape index (κ2) is 10.2. The molecule has 0 spiro atoms. The Bertz CT molecular complexity index is 159. The molecule has 0 aromatic rings. The molecule has 0 aliphatic heterocycles. The Morgan fingerprint density at radius 1 is 1.33 bits per heavy atom. The molecule has 1 atom stereocenters. The molecule has 4 heteroatoms. The molecular weight excluding hydrogens is 208 g/mol. The number of hydrogen-bond donors (Lipinski definition) is 2. The molecule has 15 heavy (non-hydrogen) atoms. The maximum Gasteiger partial charge on any atom is 0.166 e. The third kappa shape index (κ3) is 8.63. The molecule has 0 heterocycles. The number of rotatable bonds is 8. The van der Waals surface area contributed by atoms with Gasteiger partial charge in [-0.2, -0.15) is 0 Å². The van der Waals surface area contributed by atoms with Crippen LogP contribution in [0.2, 0.25) is 0 Å². The van der Waals surface area contributed by atoms with Crippen LogP contribution >= 0.6 is 12.2 Å². The van der Waals surface area contributed by atoms with Crippen LogP contribution in [-0.2, 0) is 4.74 Å². The number of hydrogen-bond acceptors (Lipinski definition) is 2. The quantitative estimate of drug-likeness (QED) is 0.496. The first-order valence-electron chi connectivity index (χ1n) is 5.77. The van der Waals surface area contributed by atoms with E-state index in [2.05, 4.69) is 24.5 Å². The molecule has 0 aliphatic carbocycles. The minimum absolute atomic E-state index is 0.335. The highest BCUT2D eigenvalue weighted by Gasteiger charge is 2.07. The van der Waals surface area contributed by atoms with Gasteiger partial charge in [-0.25, -0.2) is 0 Å². The van der Waals surface area contributed by atoms with E-state index in [9.17, 15) is 0 Å².